The average molecular weight is 399 g/mol. The van der Waals surface area contributed by atoms with E-state index in [0.717, 1.165) is 17.2 Å². The van der Waals surface area contributed by atoms with E-state index in [1.165, 1.54) is 12.1 Å². The van der Waals surface area contributed by atoms with Crippen LogP contribution < -0.4 is 9.47 Å². The molecule has 0 aromatic heterocycles. The van der Waals surface area contributed by atoms with Crippen LogP contribution in [0.5, 0.6) is 17.2 Å². The number of ether oxygens (including phenoxy) is 2. The van der Waals surface area contributed by atoms with Crippen molar-refractivity contribution in [3.8, 4) is 17.2 Å². The lowest BCUT2D eigenvalue weighted by atomic mass is 10.0. The molecule has 0 fully saturated rings. The van der Waals surface area contributed by atoms with Gasteiger partial charge in [-0.3, -0.25) is 0 Å². The Labute approximate surface area is 157 Å². The highest BCUT2D eigenvalue weighted by atomic mass is 35.5. The second-order valence-electron chi connectivity index (χ2n) is 6.11. The Morgan fingerprint density at radius 1 is 1.19 bits per heavy atom. The van der Waals surface area contributed by atoms with Gasteiger partial charge in [0.05, 0.1) is 10.6 Å². The number of hydrogen-bond donors (Lipinski definition) is 1. The van der Waals surface area contributed by atoms with Crippen molar-refractivity contribution in [2.75, 3.05) is 0 Å². The zero-order valence-electron chi connectivity index (χ0n) is 14.2. The Morgan fingerprint density at radius 2 is 1.89 bits per heavy atom. The van der Waals surface area contributed by atoms with Crippen LogP contribution >= 0.6 is 11.6 Å². The molecule has 1 aliphatic rings. The molecule has 1 atom stereocenters. The fourth-order valence-electron chi connectivity index (χ4n) is 2.60. The van der Waals surface area contributed by atoms with Crippen molar-refractivity contribution in [1.29, 1.82) is 0 Å². The third-order valence-electron chi connectivity index (χ3n) is 4.15. The number of carboxylic acids is 1. The van der Waals surface area contributed by atoms with Gasteiger partial charge in [-0.15, -0.1) is 0 Å². The number of halogens is 4. The molecule has 0 saturated heterocycles. The average Bonchev–Trinajstić information content (AvgIpc) is 2.57. The Hall–Kier alpha value is -2.67. The van der Waals surface area contributed by atoms with Crippen LogP contribution in [0.1, 0.15) is 16.7 Å². The van der Waals surface area contributed by atoms with Crippen molar-refractivity contribution in [2.24, 2.45) is 0 Å². The highest BCUT2D eigenvalue weighted by Crippen LogP contribution is 2.42. The molecular formula is C19H14ClF3O4. The van der Waals surface area contributed by atoms with Crippen LogP contribution in [-0.2, 0) is 4.79 Å². The van der Waals surface area contributed by atoms with E-state index in [0.29, 0.717) is 5.75 Å². The van der Waals surface area contributed by atoms with Crippen LogP contribution in [0, 0.1) is 13.8 Å². The summed E-state index contributed by atoms with van der Waals surface area (Å²) in [5.41, 5.74) is 1.25. The molecule has 0 aliphatic carbocycles. The summed E-state index contributed by atoms with van der Waals surface area (Å²) in [6, 6.07) is 7.85. The van der Waals surface area contributed by atoms with Crippen LogP contribution in [0.4, 0.5) is 13.2 Å². The van der Waals surface area contributed by atoms with Crippen molar-refractivity contribution in [1.82, 2.24) is 0 Å². The summed E-state index contributed by atoms with van der Waals surface area (Å²) >= 11 is 6.16. The predicted molar refractivity (Wildman–Crippen MR) is 93.5 cm³/mol. The Balaban J connectivity index is 2.01. The van der Waals surface area contributed by atoms with Gasteiger partial charge < -0.3 is 14.6 Å². The molecule has 142 valence electrons. The number of alkyl halides is 3. The number of aliphatic carboxylic acids is 1. The van der Waals surface area contributed by atoms with Crippen molar-refractivity contribution >= 4 is 23.6 Å². The number of hydrogen-bond acceptors (Lipinski definition) is 3. The fraction of sp³-hybridized carbons (Fsp3) is 0.211. The van der Waals surface area contributed by atoms with Gasteiger partial charge in [-0.1, -0.05) is 17.7 Å². The van der Waals surface area contributed by atoms with E-state index in [-0.39, 0.29) is 22.1 Å². The van der Waals surface area contributed by atoms with E-state index in [2.05, 4.69) is 0 Å². The van der Waals surface area contributed by atoms with E-state index in [1.54, 1.807) is 12.1 Å². The van der Waals surface area contributed by atoms with Crippen LogP contribution in [0.25, 0.3) is 6.08 Å². The maximum atomic E-state index is 13.2. The Kier molecular flexibility index (Phi) is 4.82. The Bertz CT molecular complexity index is 951. The highest BCUT2D eigenvalue weighted by Gasteiger charge is 2.48. The molecule has 0 spiro atoms. The van der Waals surface area contributed by atoms with E-state index in [4.69, 9.17) is 26.2 Å². The monoisotopic (exact) mass is 398 g/mol. The van der Waals surface area contributed by atoms with E-state index in [9.17, 15) is 18.0 Å². The van der Waals surface area contributed by atoms with E-state index < -0.39 is 23.8 Å². The first-order chi connectivity index (χ1) is 12.6. The SMILES string of the molecule is Cc1ccc(Oc2cc3c(cc2Cl)C=C(C(=O)O)C(C(F)(F)F)O3)cc1C. The van der Waals surface area contributed by atoms with Gasteiger partial charge in [0.15, 0.2) is 0 Å². The number of aryl methyl sites for hydroxylation is 2. The molecule has 8 heteroatoms. The van der Waals surface area contributed by atoms with Crippen molar-refractivity contribution < 1.29 is 32.5 Å². The quantitative estimate of drug-likeness (QED) is 0.737. The first kappa shape index (κ1) is 19.1. The first-order valence-electron chi connectivity index (χ1n) is 7.83. The van der Waals surface area contributed by atoms with Crippen LogP contribution in [-0.4, -0.2) is 23.4 Å². The highest BCUT2D eigenvalue weighted by molar-refractivity contribution is 6.32. The molecule has 0 bridgehead atoms. The second kappa shape index (κ2) is 6.81. The minimum atomic E-state index is -4.88. The first-order valence-corrected chi connectivity index (χ1v) is 8.21. The molecule has 1 aliphatic heterocycles. The van der Waals surface area contributed by atoms with Crippen LogP contribution in [0.2, 0.25) is 5.02 Å². The third kappa shape index (κ3) is 3.88. The van der Waals surface area contributed by atoms with Gasteiger partial charge in [0, 0.05) is 11.6 Å². The van der Waals surface area contributed by atoms with Gasteiger partial charge in [-0.2, -0.15) is 13.2 Å². The molecule has 1 N–H and O–H groups in total. The normalized spacial score (nSPS) is 16.2. The number of rotatable bonds is 3. The number of carboxylic acid groups (broad SMARTS) is 1. The number of carbonyl (C=O) groups is 1. The molecule has 1 heterocycles. The van der Waals surface area contributed by atoms with Crippen molar-refractivity contribution in [3.05, 3.63) is 57.6 Å². The zero-order chi connectivity index (χ0) is 19.9. The maximum Gasteiger partial charge on any atom is 0.430 e. The van der Waals surface area contributed by atoms with Crippen LogP contribution in [0.3, 0.4) is 0 Å². The summed E-state index contributed by atoms with van der Waals surface area (Å²) in [5.74, 6) is -1.31. The summed E-state index contributed by atoms with van der Waals surface area (Å²) in [7, 11) is 0. The fourth-order valence-corrected chi connectivity index (χ4v) is 2.81. The van der Waals surface area contributed by atoms with E-state index >= 15 is 0 Å². The molecule has 3 rings (SSSR count). The minimum absolute atomic E-state index is 0.103. The van der Waals surface area contributed by atoms with Crippen molar-refractivity contribution in [3.63, 3.8) is 0 Å². The standard InChI is InChI=1S/C19H14ClF3O4/c1-9-3-4-12(5-10(9)2)26-16-8-15-11(7-14(16)20)6-13(18(24)25)17(27-15)19(21,22)23/h3-8,17H,1-2H3,(H,24,25). The Morgan fingerprint density at radius 3 is 2.48 bits per heavy atom. The summed E-state index contributed by atoms with van der Waals surface area (Å²) in [6.07, 6.45) is -6.54. The zero-order valence-corrected chi connectivity index (χ0v) is 15.0. The topological polar surface area (TPSA) is 55.8 Å². The summed E-state index contributed by atoms with van der Waals surface area (Å²) in [5, 5.41) is 9.17. The molecule has 0 saturated carbocycles. The molecule has 0 radical (unpaired) electrons. The largest absolute Gasteiger partial charge is 0.478 e. The van der Waals surface area contributed by atoms with Gasteiger partial charge in [0.2, 0.25) is 6.10 Å². The molecule has 27 heavy (non-hydrogen) atoms. The van der Waals surface area contributed by atoms with E-state index in [1.807, 2.05) is 19.9 Å². The van der Waals surface area contributed by atoms with Gasteiger partial charge >= 0.3 is 12.1 Å². The van der Waals surface area contributed by atoms with Gasteiger partial charge in [0.1, 0.15) is 17.2 Å². The molecular weight excluding hydrogens is 385 g/mol. The predicted octanol–water partition coefficient (Wildman–Crippen LogP) is 5.54. The molecule has 4 nitrogen and oxygen atoms in total. The second-order valence-corrected chi connectivity index (χ2v) is 6.52. The summed E-state index contributed by atoms with van der Waals surface area (Å²) in [6.45, 7) is 3.83. The minimum Gasteiger partial charge on any atom is -0.478 e. The summed E-state index contributed by atoms with van der Waals surface area (Å²) in [4.78, 5) is 11.2. The van der Waals surface area contributed by atoms with Gasteiger partial charge in [-0.05, 0) is 49.2 Å². The van der Waals surface area contributed by atoms with Crippen molar-refractivity contribution in [2.45, 2.75) is 26.1 Å². The smallest absolute Gasteiger partial charge is 0.430 e. The lowest BCUT2D eigenvalue weighted by Crippen LogP contribution is -2.40. The number of benzene rings is 2. The third-order valence-corrected chi connectivity index (χ3v) is 4.45. The van der Waals surface area contributed by atoms with Gasteiger partial charge in [0.25, 0.3) is 0 Å². The molecule has 1 unspecified atom stereocenters. The van der Waals surface area contributed by atoms with Gasteiger partial charge in [-0.25, -0.2) is 4.79 Å². The maximum absolute atomic E-state index is 13.2. The summed E-state index contributed by atoms with van der Waals surface area (Å²) < 4.78 is 50.1. The lowest BCUT2D eigenvalue weighted by molar-refractivity contribution is -0.187. The van der Waals surface area contributed by atoms with Crippen LogP contribution in [0.15, 0.2) is 35.9 Å². The number of fused-ring (bicyclic) bond motifs is 1. The lowest BCUT2D eigenvalue weighted by Gasteiger charge is -2.27. The molecule has 2 aromatic carbocycles. The molecule has 0 amide bonds. The molecule has 2 aromatic rings.